The van der Waals surface area contributed by atoms with Crippen LogP contribution in [0.5, 0.6) is 0 Å². The SMILES string of the molecule is NC(=O)CC1=CC[C@H]2CCCC[C@@H]2C1. The van der Waals surface area contributed by atoms with Gasteiger partial charge in [-0.2, -0.15) is 0 Å². The fraction of sp³-hybridized carbons (Fsp3) is 0.750. The van der Waals surface area contributed by atoms with Gasteiger partial charge in [-0.3, -0.25) is 4.79 Å². The summed E-state index contributed by atoms with van der Waals surface area (Å²) in [4.78, 5) is 10.8. The van der Waals surface area contributed by atoms with Crippen LogP contribution in [0.25, 0.3) is 0 Å². The van der Waals surface area contributed by atoms with E-state index >= 15 is 0 Å². The summed E-state index contributed by atoms with van der Waals surface area (Å²) in [5.74, 6) is 1.58. The molecule has 1 fully saturated rings. The zero-order valence-corrected chi connectivity index (χ0v) is 8.67. The number of amides is 1. The lowest BCUT2D eigenvalue weighted by atomic mass is 9.71. The van der Waals surface area contributed by atoms with Gasteiger partial charge in [0, 0.05) is 6.42 Å². The highest BCUT2D eigenvalue weighted by atomic mass is 16.1. The van der Waals surface area contributed by atoms with Crippen LogP contribution in [0.4, 0.5) is 0 Å². The Morgan fingerprint density at radius 2 is 2.07 bits per heavy atom. The number of fused-ring (bicyclic) bond motifs is 1. The molecular weight excluding hydrogens is 174 g/mol. The normalized spacial score (nSPS) is 31.9. The van der Waals surface area contributed by atoms with E-state index in [0.29, 0.717) is 6.42 Å². The second-order valence-electron chi connectivity index (χ2n) is 4.75. The van der Waals surface area contributed by atoms with Crippen LogP contribution in [0.2, 0.25) is 0 Å². The third-order valence-corrected chi connectivity index (χ3v) is 3.70. The second-order valence-corrected chi connectivity index (χ2v) is 4.75. The zero-order chi connectivity index (χ0) is 9.97. The molecule has 0 unspecified atom stereocenters. The van der Waals surface area contributed by atoms with Crippen molar-refractivity contribution in [1.82, 2.24) is 0 Å². The van der Waals surface area contributed by atoms with Gasteiger partial charge < -0.3 is 5.73 Å². The van der Waals surface area contributed by atoms with Gasteiger partial charge in [0.2, 0.25) is 5.91 Å². The number of nitrogens with two attached hydrogens (primary N) is 1. The van der Waals surface area contributed by atoms with Gasteiger partial charge in [0.1, 0.15) is 0 Å². The highest BCUT2D eigenvalue weighted by Gasteiger charge is 2.28. The monoisotopic (exact) mass is 193 g/mol. The number of rotatable bonds is 2. The number of primary amides is 1. The molecule has 2 N–H and O–H groups in total. The van der Waals surface area contributed by atoms with Gasteiger partial charge in [-0.25, -0.2) is 0 Å². The highest BCUT2D eigenvalue weighted by molar-refractivity contribution is 5.76. The topological polar surface area (TPSA) is 43.1 Å². The molecule has 1 saturated carbocycles. The molecule has 0 aromatic rings. The Morgan fingerprint density at radius 3 is 2.79 bits per heavy atom. The largest absolute Gasteiger partial charge is 0.369 e. The van der Waals surface area contributed by atoms with Crippen molar-refractivity contribution in [2.24, 2.45) is 17.6 Å². The summed E-state index contributed by atoms with van der Waals surface area (Å²) in [5.41, 5.74) is 6.50. The summed E-state index contributed by atoms with van der Waals surface area (Å²) in [6.07, 6.45) is 10.6. The Kier molecular flexibility index (Phi) is 2.90. The smallest absolute Gasteiger partial charge is 0.221 e. The van der Waals surface area contributed by atoms with Crippen LogP contribution in [0, 0.1) is 11.8 Å². The van der Waals surface area contributed by atoms with Crippen LogP contribution in [0.1, 0.15) is 44.9 Å². The van der Waals surface area contributed by atoms with E-state index < -0.39 is 0 Å². The Labute approximate surface area is 85.6 Å². The van der Waals surface area contributed by atoms with Crippen molar-refractivity contribution in [2.45, 2.75) is 44.9 Å². The van der Waals surface area contributed by atoms with Crippen molar-refractivity contribution < 1.29 is 4.79 Å². The summed E-state index contributed by atoms with van der Waals surface area (Å²) in [5, 5.41) is 0. The minimum Gasteiger partial charge on any atom is -0.369 e. The van der Waals surface area contributed by atoms with Crippen molar-refractivity contribution in [2.75, 3.05) is 0 Å². The van der Waals surface area contributed by atoms with Gasteiger partial charge in [-0.15, -0.1) is 0 Å². The van der Waals surface area contributed by atoms with E-state index in [4.69, 9.17) is 5.73 Å². The van der Waals surface area contributed by atoms with Crippen LogP contribution >= 0.6 is 0 Å². The maximum Gasteiger partial charge on any atom is 0.221 e. The molecule has 0 aromatic carbocycles. The quantitative estimate of drug-likeness (QED) is 0.672. The molecule has 2 aliphatic rings. The van der Waals surface area contributed by atoms with E-state index in [1.807, 2.05) is 0 Å². The number of hydrogen-bond acceptors (Lipinski definition) is 1. The molecule has 2 nitrogen and oxygen atoms in total. The fourth-order valence-corrected chi connectivity index (χ4v) is 2.97. The van der Waals surface area contributed by atoms with E-state index in [1.165, 1.54) is 37.7 Å². The Hall–Kier alpha value is -0.790. The molecule has 0 spiro atoms. The molecular formula is C12H19NO. The number of carbonyl (C=O) groups is 1. The molecule has 14 heavy (non-hydrogen) atoms. The molecule has 1 amide bonds. The predicted molar refractivity (Wildman–Crippen MR) is 56.6 cm³/mol. The lowest BCUT2D eigenvalue weighted by molar-refractivity contribution is -0.117. The molecule has 0 saturated heterocycles. The summed E-state index contributed by atoms with van der Waals surface area (Å²) >= 11 is 0. The van der Waals surface area contributed by atoms with E-state index in [9.17, 15) is 4.79 Å². The Morgan fingerprint density at radius 1 is 1.36 bits per heavy atom. The third-order valence-electron chi connectivity index (χ3n) is 3.70. The Bertz CT molecular complexity index is 257. The Balaban J connectivity index is 1.96. The van der Waals surface area contributed by atoms with E-state index in [2.05, 4.69) is 6.08 Å². The van der Waals surface area contributed by atoms with E-state index in [0.717, 1.165) is 18.3 Å². The van der Waals surface area contributed by atoms with Gasteiger partial charge in [0.15, 0.2) is 0 Å². The molecule has 0 aromatic heterocycles. The maximum atomic E-state index is 10.8. The van der Waals surface area contributed by atoms with Gasteiger partial charge >= 0.3 is 0 Å². The summed E-state index contributed by atoms with van der Waals surface area (Å²) < 4.78 is 0. The van der Waals surface area contributed by atoms with Crippen LogP contribution in [-0.2, 0) is 4.79 Å². The summed E-state index contributed by atoms with van der Waals surface area (Å²) in [7, 11) is 0. The molecule has 0 radical (unpaired) electrons. The third kappa shape index (κ3) is 2.17. The first-order valence-electron chi connectivity index (χ1n) is 5.72. The van der Waals surface area contributed by atoms with Gasteiger partial charge in [0.05, 0.1) is 0 Å². The standard InChI is InChI=1S/C12H19NO/c13-12(14)8-9-5-6-10-3-1-2-4-11(10)7-9/h5,10-11H,1-4,6-8H2,(H2,13,14)/t10-,11-/m1/s1. The van der Waals surface area contributed by atoms with Gasteiger partial charge in [-0.05, 0) is 37.5 Å². The average Bonchev–Trinajstić information content (AvgIpc) is 2.17. The van der Waals surface area contributed by atoms with Crippen molar-refractivity contribution in [1.29, 1.82) is 0 Å². The second kappa shape index (κ2) is 4.16. The van der Waals surface area contributed by atoms with Crippen LogP contribution in [0.15, 0.2) is 11.6 Å². The van der Waals surface area contributed by atoms with Crippen molar-refractivity contribution in [3.63, 3.8) is 0 Å². The molecule has 2 atom stereocenters. The molecule has 78 valence electrons. The molecule has 0 heterocycles. The zero-order valence-electron chi connectivity index (χ0n) is 8.67. The lowest BCUT2D eigenvalue weighted by Gasteiger charge is -2.35. The predicted octanol–water partition coefficient (Wildman–Crippen LogP) is 2.39. The number of carbonyl (C=O) groups excluding carboxylic acids is 1. The first-order valence-corrected chi connectivity index (χ1v) is 5.72. The molecule has 0 bridgehead atoms. The number of allylic oxidation sites excluding steroid dienone is 1. The van der Waals surface area contributed by atoms with Crippen LogP contribution in [-0.4, -0.2) is 5.91 Å². The van der Waals surface area contributed by atoms with Gasteiger partial charge in [-0.1, -0.05) is 24.5 Å². The first-order chi connectivity index (χ1) is 6.75. The van der Waals surface area contributed by atoms with Crippen molar-refractivity contribution in [3.8, 4) is 0 Å². The van der Waals surface area contributed by atoms with Crippen molar-refractivity contribution >= 4 is 5.91 Å². The summed E-state index contributed by atoms with van der Waals surface area (Å²) in [6, 6.07) is 0. The molecule has 2 rings (SSSR count). The van der Waals surface area contributed by atoms with E-state index in [1.54, 1.807) is 0 Å². The summed E-state index contributed by atoms with van der Waals surface area (Å²) in [6.45, 7) is 0. The van der Waals surface area contributed by atoms with Crippen LogP contribution in [0.3, 0.4) is 0 Å². The van der Waals surface area contributed by atoms with Crippen molar-refractivity contribution in [3.05, 3.63) is 11.6 Å². The highest BCUT2D eigenvalue weighted by Crippen LogP contribution is 2.40. The first kappa shape index (κ1) is 9.75. The number of hydrogen-bond donors (Lipinski definition) is 1. The van der Waals surface area contributed by atoms with Gasteiger partial charge in [0.25, 0.3) is 0 Å². The molecule has 0 aliphatic heterocycles. The lowest BCUT2D eigenvalue weighted by Crippen LogP contribution is -2.24. The molecule has 2 aliphatic carbocycles. The minimum absolute atomic E-state index is 0.175. The fourth-order valence-electron chi connectivity index (χ4n) is 2.97. The molecule has 2 heteroatoms. The van der Waals surface area contributed by atoms with E-state index in [-0.39, 0.29) is 5.91 Å². The minimum atomic E-state index is -0.175. The average molecular weight is 193 g/mol. The maximum absolute atomic E-state index is 10.8. The van der Waals surface area contributed by atoms with Crippen LogP contribution < -0.4 is 5.73 Å².